The van der Waals surface area contributed by atoms with Gasteiger partial charge >= 0.3 is 0 Å². The molecule has 4 nitrogen and oxygen atoms in total. The van der Waals surface area contributed by atoms with E-state index in [9.17, 15) is 0 Å². The Morgan fingerprint density at radius 3 is 1.36 bits per heavy atom. The van der Waals surface area contributed by atoms with Crippen molar-refractivity contribution >= 4 is 11.4 Å². The lowest BCUT2D eigenvalue weighted by molar-refractivity contribution is 0.0515. The van der Waals surface area contributed by atoms with E-state index in [-0.39, 0.29) is 0 Å². The van der Waals surface area contributed by atoms with Crippen LogP contribution in [0, 0.1) is 13.8 Å². The van der Waals surface area contributed by atoms with E-state index in [1.807, 2.05) is 48.5 Å². The first-order valence-electron chi connectivity index (χ1n) is 7.28. The molecule has 22 heavy (non-hydrogen) atoms. The summed E-state index contributed by atoms with van der Waals surface area (Å²) < 4.78 is 0. The van der Waals surface area contributed by atoms with Crippen molar-refractivity contribution in [3.05, 3.63) is 70.8 Å². The molecule has 0 aliphatic carbocycles. The van der Waals surface area contributed by atoms with Crippen LogP contribution < -0.4 is 0 Å². The van der Waals surface area contributed by atoms with Crippen LogP contribution in [0.5, 0.6) is 0 Å². The van der Waals surface area contributed by atoms with Gasteiger partial charge < -0.3 is 9.68 Å². The van der Waals surface area contributed by atoms with Gasteiger partial charge in [0.1, 0.15) is 11.4 Å². The van der Waals surface area contributed by atoms with Gasteiger partial charge in [0, 0.05) is 11.1 Å². The van der Waals surface area contributed by atoms with E-state index in [1.54, 1.807) is 0 Å². The van der Waals surface area contributed by atoms with Crippen LogP contribution in [-0.2, 0) is 9.68 Å². The van der Waals surface area contributed by atoms with Crippen molar-refractivity contribution in [1.82, 2.24) is 0 Å². The van der Waals surface area contributed by atoms with Crippen molar-refractivity contribution in [2.45, 2.75) is 13.8 Å². The van der Waals surface area contributed by atoms with Crippen LogP contribution in [0.1, 0.15) is 22.3 Å². The van der Waals surface area contributed by atoms with Gasteiger partial charge in [-0.2, -0.15) is 0 Å². The van der Waals surface area contributed by atoms with E-state index in [0.717, 1.165) is 11.1 Å². The Hall–Kier alpha value is -2.62. The molecule has 0 saturated carbocycles. The zero-order valence-electron chi connectivity index (χ0n) is 12.7. The largest absolute Gasteiger partial charge is 0.391 e. The van der Waals surface area contributed by atoms with Gasteiger partial charge in [-0.1, -0.05) is 70.0 Å². The fourth-order valence-electron chi connectivity index (χ4n) is 2.18. The van der Waals surface area contributed by atoms with Crippen molar-refractivity contribution in [2.75, 3.05) is 13.2 Å². The summed E-state index contributed by atoms with van der Waals surface area (Å²) in [4.78, 5) is 10.7. The second-order valence-corrected chi connectivity index (χ2v) is 5.28. The van der Waals surface area contributed by atoms with Crippen LogP contribution in [0.3, 0.4) is 0 Å². The molecule has 1 aliphatic rings. The van der Waals surface area contributed by atoms with Crippen molar-refractivity contribution in [1.29, 1.82) is 0 Å². The van der Waals surface area contributed by atoms with Gasteiger partial charge in [-0.25, -0.2) is 0 Å². The van der Waals surface area contributed by atoms with Gasteiger partial charge in [0.2, 0.25) is 0 Å². The molecule has 1 aliphatic heterocycles. The lowest BCUT2D eigenvalue weighted by atomic mass is 9.98. The Morgan fingerprint density at radius 2 is 1.00 bits per heavy atom. The number of aryl methyl sites for hydroxylation is 2. The fourth-order valence-corrected chi connectivity index (χ4v) is 2.18. The monoisotopic (exact) mass is 294 g/mol. The van der Waals surface area contributed by atoms with E-state index < -0.39 is 0 Å². The topological polar surface area (TPSA) is 43.2 Å². The molecule has 2 aromatic rings. The molecule has 0 radical (unpaired) electrons. The zero-order chi connectivity index (χ0) is 15.4. The van der Waals surface area contributed by atoms with Gasteiger partial charge in [0.25, 0.3) is 0 Å². The Kier molecular flexibility index (Phi) is 4.19. The second kappa shape index (κ2) is 6.43. The summed E-state index contributed by atoms with van der Waals surface area (Å²) in [6, 6.07) is 16.3. The summed E-state index contributed by atoms with van der Waals surface area (Å²) in [6.07, 6.45) is 0. The number of rotatable bonds is 2. The Labute approximate surface area is 130 Å². The van der Waals surface area contributed by atoms with Gasteiger partial charge in [-0.05, 0) is 13.8 Å². The lowest BCUT2D eigenvalue weighted by Gasteiger charge is -2.13. The summed E-state index contributed by atoms with van der Waals surface area (Å²) >= 11 is 0. The van der Waals surface area contributed by atoms with Crippen molar-refractivity contribution < 1.29 is 9.68 Å². The fraction of sp³-hybridized carbons (Fsp3) is 0.222. The second-order valence-electron chi connectivity index (χ2n) is 5.28. The summed E-state index contributed by atoms with van der Waals surface area (Å²) in [5, 5.41) is 8.54. The van der Waals surface area contributed by atoms with Crippen LogP contribution >= 0.6 is 0 Å². The molecule has 0 fully saturated rings. The van der Waals surface area contributed by atoms with Gasteiger partial charge in [0.05, 0.1) is 0 Å². The minimum absolute atomic E-state index is 0.389. The van der Waals surface area contributed by atoms with Crippen LogP contribution in [0.15, 0.2) is 58.8 Å². The highest BCUT2D eigenvalue weighted by molar-refractivity contribution is 6.53. The maximum absolute atomic E-state index is 5.33. The summed E-state index contributed by atoms with van der Waals surface area (Å²) in [7, 11) is 0. The molecule has 0 saturated heterocycles. The molecule has 3 rings (SSSR count). The van der Waals surface area contributed by atoms with E-state index >= 15 is 0 Å². The predicted octanol–water partition coefficient (Wildman–Crippen LogP) is 3.46. The number of oxime groups is 2. The summed E-state index contributed by atoms with van der Waals surface area (Å²) in [5.41, 5.74) is 5.67. The third kappa shape index (κ3) is 3.17. The molecule has 0 aromatic heterocycles. The number of nitrogens with zero attached hydrogens (tertiary/aromatic N) is 2. The number of benzene rings is 2. The minimum Gasteiger partial charge on any atom is -0.391 e. The standard InChI is InChI=1S/C18H18N2O2/c1-13-3-7-15(8-4-13)17-18(20-22-12-11-21-19-17)16-9-5-14(2)6-10-16/h3-10H,11-12H2,1-2H3/b19-17-,20-18-. The first-order valence-corrected chi connectivity index (χ1v) is 7.28. The van der Waals surface area contributed by atoms with Crippen molar-refractivity contribution in [3.63, 3.8) is 0 Å². The van der Waals surface area contributed by atoms with Gasteiger partial charge in [-0.15, -0.1) is 0 Å². The highest BCUT2D eigenvalue weighted by Crippen LogP contribution is 2.14. The van der Waals surface area contributed by atoms with E-state index in [0.29, 0.717) is 24.6 Å². The molecule has 112 valence electrons. The Bertz CT molecular complexity index is 637. The minimum atomic E-state index is 0.389. The molecule has 0 N–H and O–H groups in total. The van der Waals surface area contributed by atoms with E-state index in [4.69, 9.17) is 9.68 Å². The molecule has 0 bridgehead atoms. The smallest absolute Gasteiger partial charge is 0.153 e. The first kappa shape index (κ1) is 14.3. The third-order valence-corrected chi connectivity index (χ3v) is 3.45. The molecule has 2 aromatic carbocycles. The average Bonchev–Trinajstić information content (AvgIpc) is 2.50. The Balaban J connectivity index is 2.05. The zero-order valence-corrected chi connectivity index (χ0v) is 12.7. The van der Waals surface area contributed by atoms with Crippen LogP contribution in [-0.4, -0.2) is 24.6 Å². The highest BCUT2D eigenvalue weighted by atomic mass is 16.7. The van der Waals surface area contributed by atoms with E-state index in [2.05, 4.69) is 24.2 Å². The van der Waals surface area contributed by atoms with E-state index in [1.165, 1.54) is 11.1 Å². The lowest BCUT2D eigenvalue weighted by Crippen LogP contribution is -2.21. The molecular formula is C18H18N2O2. The number of hydrogen-bond acceptors (Lipinski definition) is 4. The molecular weight excluding hydrogens is 276 g/mol. The highest BCUT2D eigenvalue weighted by Gasteiger charge is 2.18. The van der Waals surface area contributed by atoms with Gasteiger partial charge in [-0.3, -0.25) is 0 Å². The molecule has 0 atom stereocenters. The maximum atomic E-state index is 5.33. The summed E-state index contributed by atoms with van der Waals surface area (Å²) in [5.74, 6) is 0. The molecule has 4 heteroatoms. The quantitative estimate of drug-likeness (QED) is 0.851. The molecule has 1 heterocycles. The van der Waals surface area contributed by atoms with Crippen LogP contribution in [0.25, 0.3) is 0 Å². The van der Waals surface area contributed by atoms with Crippen molar-refractivity contribution in [3.8, 4) is 0 Å². The predicted molar refractivity (Wildman–Crippen MR) is 87.3 cm³/mol. The SMILES string of the molecule is Cc1ccc(C2=N/OCCO/N=C\2c2ccc(C)cc2)cc1. The maximum Gasteiger partial charge on any atom is 0.153 e. The molecule has 0 amide bonds. The average molecular weight is 294 g/mol. The van der Waals surface area contributed by atoms with Gasteiger partial charge in [0.15, 0.2) is 13.2 Å². The molecule has 0 spiro atoms. The normalized spacial score (nSPS) is 19.5. The number of hydrogen-bond donors (Lipinski definition) is 0. The van der Waals surface area contributed by atoms with Crippen LogP contribution in [0.4, 0.5) is 0 Å². The molecule has 0 unspecified atom stereocenters. The third-order valence-electron chi connectivity index (χ3n) is 3.45. The first-order chi connectivity index (χ1) is 10.7. The Morgan fingerprint density at radius 1 is 0.636 bits per heavy atom. The van der Waals surface area contributed by atoms with Crippen molar-refractivity contribution in [2.24, 2.45) is 10.3 Å². The van der Waals surface area contributed by atoms with Crippen LogP contribution in [0.2, 0.25) is 0 Å². The summed E-state index contributed by atoms with van der Waals surface area (Å²) in [6.45, 7) is 4.89.